The number of thiazole rings is 1. The highest BCUT2D eigenvalue weighted by atomic mass is 79.9. The molecule has 0 saturated heterocycles. The van der Waals surface area contributed by atoms with Gasteiger partial charge < -0.3 is 10.5 Å². The Kier molecular flexibility index (Phi) is 4.88. The average molecular weight is 327 g/mol. The Labute approximate surface area is 119 Å². The van der Waals surface area contributed by atoms with Gasteiger partial charge in [0, 0.05) is 29.4 Å². The maximum Gasteiger partial charge on any atom is 0.0976 e. The summed E-state index contributed by atoms with van der Waals surface area (Å²) in [4.78, 5) is 5.71. The van der Waals surface area contributed by atoms with Crippen LogP contribution in [0.25, 0.3) is 0 Å². The Balaban J connectivity index is 2.22. The molecule has 3 nitrogen and oxygen atoms in total. The third-order valence-electron chi connectivity index (χ3n) is 2.59. The van der Waals surface area contributed by atoms with Gasteiger partial charge in [0.05, 0.1) is 17.3 Å². The molecular formula is C13H15BrN2OS. The molecule has 0 atom stereocenters. The van der Waals surface area contributed by atoms with Crippen molar-refractivity contribution in [3.05, 3.63) is 49.9 Å². The van der Waals surface area contributed by atoms with Crippen LogP contribution in [0.3, 0.4) is 0 Å². The Morgan fingerprint density at radius 1 is 1.39 bits per heavy atom. The molecule has 0 aliphatic carbocycles. The van der Waals surface area contributed by atoms with E-state index in [1.807, 2.05) is 18.2 Å². The summed E-state index contributed by atoms with van der Waals surface area (Å²) in [7, 11) is 1.67. The average Bonchev–Trinajstić information content (AvgIpc) is 2.75. The quantitative estimate of drug-likeness (QED) is 0.918. The van der Waals surface area contributed by atoms with Gasteiger partial charge in [-0.1, -0.05) is 34.1 Å². The monoisotopic (exact) mass is 326 g/mol. The van der Waals surface area contributed by atoms with E-state index < -0.39 is 0 Å². The maximum absolute atomic E-state index is 5.72. The Hall–Kier alpha value is -0.750. The normalized spacial score (nSPS) is 10.8. The van der Waals surface area contributed by atoms with Gasteiger partial charge in [-0.25, -0.2) is 4.98 Å². The Morgan fingerprint density at radius 3 is 2.83 bits per heavy atom. The van der Waals surface area contributed by atoms with E-state index in [9.17, 15) is 0 Å². The molecule has 0 amide bonds. The highest BCUT2D eigenvalue weighted by Crippen LogP contribution is 2.24. The molecule has 1 aromatic heterocycles. The van der Waals surface area contributed by atoms with Gasteiger partial charge in [0.25, 0.3) is 0 Å². The second-order valence-electron chi connectivity index (χ2n) is 3.88. The molecular weight excluding hydrogens is 312 g/mol. The molecule has 18 heavy (non-hydrogen) atoms. The van der Waals surface area contributed by atoms with Gasteiger partial charge in [0.1, 0.15) is 0 Å². The molecule has 0 saturated carbocycles. The highest BCUT2D eigenvalue weighted by Gasteiger charge is 2.11. The third kappa shape index (κ3) is 3.17. The van der Waals surface area contributed by atoms with Gasteiger partial charge in [-0.15, -0.1) is 11.3 Å². The van der Waals surface area contributed by atoms with Crippen LogP contribution >= 0.6 is 27.3 Å². The van der Waals surface area contributed by atoms with Crippen LogP contribution in [0.4, 0.5) is 0 Å². The fraction of sp³-hybridized carbons (Fsp3) is 0.308. The second kappa shape index (κ2) is 6.43. The molecule has 0 aliphatic rings. The summed E-state index contributed by atoms with van der Waals surface area (Å²) in [6, 6.07) is 8.19. The van der Waals surface area contributed by atoms with Crippen LogP contribution in [0.5, 0.6) is 0 Å². The lowest BCUT2D eigenvalue weighted by Gasteiger charge is -2.00. The highest BCUT2D eigenvalue weighted by molar-refractivity contribution is 9.10. The number of benzene rings is 1. The predicted octanol–water partition coefficient (Wildman–Crippen LogP) is 3.10. The van der Waals surface area contributed by atoms with Crippen molar-refractivity contribution < 1.29 is 4.74 Å². The fourth-order valence-electron chi connectivity index (χ4n) is 1.73. The third-order valence-corrected chi connectivity index (χ3v) is 4.48. The maximum atomic E-state index is 5.72. The fourth-order valence-corrected chi connectivity index (χ4v) is 3.12. The number of nitrogens with zero attached hydrogens (tertiary/aromatic N) is 1. The van der Waals surface area contributed by atoms with E-state index >= 15 is 0 Å². The number of rotatable bonds is 5. The van der Waals surface area contributed by atoms with Crippen molar-refractivity contribution in [1.29, 1.82) is 0 Å². The molecule has 1 heterocycles. The summed E-state index contributed by atoms with van der Waals surface area (Å²) in [5, 5.41) is 1.08. The first-order valence-electron chi connectivity index (χ1n) is 5.64. The Bertz CT molecular complexity index is 527. The van der Waals surface area contributed by atoms with Crippen molar-refractivity contribution in [3.63, 3.8) is 0 Å². The molecule has 0 spiro atoms. The van der Waals surface area contributed by atoms with Crippen molar-refractivity contribution in [2.45, 2.75) is 19.6 Å². The first-order valence-corrected chi connectivity index (χ1v) is 7.25. The number of hydrogen-bond donors (Lipinski definition) is 1. The molecule has 96 valence electrons. The molecule has 0 radical (unpaired) electrons. The van der Waals surface area contributed by atoms with Gasteiger partial charge >= 0.3 is 0 Å². The lowest BCUT2D eigenvalue weighted by atomic mass is 10.2. The summed E-state index contributed by atoms with van der Waals surface area (Å²) in [6.07, 6.45) is 0.822. The van der Waals surface area contributed by atoms with E-state index in [0.29, 0.717) is 13.2 Å². The first-order chi connectivity index (χ1) is 8.74. The van der Waals surface area contributed by atoms with E-state index in [0.717, 1.165) is 26.5 Å². The standard InChI is InChI=1S/C13H15BrN2OS/c1-17-8-11-12(7-15)18-13(16-11)6-9-4-2-3-5-10(9)14/h2-5H,6-8,15H2,1H3. The van der Waals surface area contributed by atoms with Crippen molar-refractivity contribution in [2.75, 3.05) is 7.11 Å². The SMILES string of the molecule is COCc1nc(Cc2ccccc2Br)sc1CN. The zero-order valence-corrected chi connectivity index (χ0v) is 12.6. The van der Waals surface area contributed by atoms with Gasteiger partial charge in [-0.2, -0.15) is 0 Å². The van der Waals surface area contributed by atoms with Gasteiger partial charge in [0.2, 0.25) is 0 Å². The molecule has 2 N–H and O–H groups in total. The number of ether oxygens (including phenoxy) is 1. The summed E-state index contributed by atoms with van der Waals surface area (Å²) in [5.74, 6) is 0. The summed E-state index contributed by atoms with van der Waals surface area (Å²) in [5.41, 5.74) is 7.92. The number of hydrogen-bond acceptors (Lipinski definition) is 4. The van der Waals surface area contributed by atoms with E-state index in [-0.39, 0.29) is 0 Å². The van der Waals surface area contributed by atoms with E-state index in [1.54, 1.807) is 18.4 Å². The van der Waals surface area contributed by atoms with Crippen molar-refractivity contribution in [3.8, 4) is 0 Å². The summed E-state index contributed by atoms with van der Waals surface area (Å²) in [6.45, 7) is 1.05. The molecule has 5 heteroatoms. The summed E-state index contributed by atoms with van der Waals surface area (Å²) >= 11 is 5.22. The topological polar surface area (TPSA) is 48.1 Å². The molecule has 0 bridgehead atoms. The van der Waals surface area contributed by atoms with Gasteiger partial charge in [-0.05, 0) is 11.6 Å². The Morgan fingerprint density at radius 2 is 2.17 bits per heavy atom. The first kappa shape index (κ1) is 13.7. The summed E-state index contributed by atoms with van der Waals surface area (Å²) < 4.78 is 6.25. The molecule has 1 aromatic carbocycles. The number of methoxy groups -OCH3 is 1. The second-order valence-corrected chi connectivity index (χ2v) is 5.91. The largest absolute Gasteiger partial charge is 0.378 e. The van der Waals surface area contributed by atoms with Crippen molar-refractivity contribution >= 4 is 27.3 Å². The van der Waals surface area contributed by atoms with E-state index in [2.05, 4.69) is 27.0 Å². The van der Waals surface area contributed by atoms with Crippen LogP contribution in [0.15, 0.2) is 28.7 Å². The lowest BCUT2D eigenvalue weighted by Crippen LogP contribution is -1.99. The molecule has 2 rings (SSSR count). The van der Waals surface area contributed by atoms with Crippen molar-refractivity contribution in [2.24, 2.45) is 5.73 Å². The van der Waals surface area contributed by atoms with Crippen LogP contribution in [-0.4, -0.2) is 12.1 Å². The van der Waals surface area contributed by atoms with Gasteiger partial charge in [0.15, 0.2) is 0 Å². The molecule has 0 unspecified atom stereocenters. The number of halogens is 1. The smallest absolute Gasteiger partial charge is 0.0976 e. The number of aromatic nitrogens is 1. The predicted molar refractivity (Wildman–Crippen MR) is 77.7 cm³/mol. The van der Waals surface area contributed by atoms with E-state index in [4.69, 9.17) is 10.5 Å². The minimum absolute atomic E-state index is 0.520. The zero-order valence-electron chi connectivity index (χ0n) is 10.1. The minimum atomic E-state index is 0.520. The molecule has 0 fully saturated rings. The van der Waals surface area contributed by atoms with Crippen LogP contribution in [0, 0.1) is 0 Å². The molecule has 0 aliphatic heterocycles. The van der Waals surface area contributed by atoms with Gasteiger partial charge in [-0.3, -0.25) is 0 Å². The van der Waals surface area contributed by atoms with Crippen LogP contribution < -0.4 is 5.73 Å². The zero-order chi connectivity index (χ0) is 13.0. The van der Waals surface area contributed by atoms with Crippen LogP contribution in [-0.2, 0) is 24.3 Å². The molecule has 2 aromatic rings. The van der Waals surface area contributed by atoms with Crippen LogP contribution in [0.2, 0.25) is 0 Å². The van der Waals surface area contributed by atoms with Crippen molar-refractivity contribution in [1.82, 2.24) is 4.98 Å². The number of nitrogens with two attached hydrogens (primary N) is 1. The minimum Gasteiger partial charge on any atom is -0.378 e. The van der Waals surface area contributed by atoms with Crippen LogP contribution in [0.1, 0.15) is 21.1 Å². The van der Waals surface area contributed by atoms with E-state index in [1.165, 1.54) is 5.56 Å². The lowest BCUT2D eigenvalue weighted by molar-refractivity contribution is 0.181.